The van der Waals surface area contributed by atoms with E-state index in [4.69, 9.17) is 10.5 Å². The van der Waals surface area contributed by atoms with Crippen molar-refractivity contribution in [1.82, 2.24) is 10.2 Å². The van der Waals surface area contributed by atoms with E-state index in [0.29, 0.717) is 11.3 Å². The average molecular weight is 274 g/mol. The molecule has 2 rings (SSSR count). The number of para-hydroxylation sites is 1. The maximum absolute atomic E-state index is 12.1. The molecule has 7 nitrogen and oxygen atoms in total. The Kier molecular flexibility index (Phi) is 3.99. The molecule has 0 spiro atoms. The van der Waals surface area contributed by atoms with Gasteiger partial charge in [-0.3, -0.25) is 9.89 Å². The lowest BCUT2D eigenvalue weighted by Gasteiger charge is -2.07. The summed E-state index contributed by atoms with van der Waals surface area (Å²) in [5.41, 5.74) is 6.55. The monoisotopic (exact) mass is 274 g/mol. The van der Waals surface area contributed by atoms with Crippen molar-refractivity contribution in [2.24, 2.45) is 0 Å². The fraction of sp³-hybridized carbons (Fsp3) is 0.154. The van der Waals surface area contributed by atoms with Gasteiger partial charge in [-0.25, -0.2) is 4.79 Å². The number of carbonyl (C=O) groups is 2. The van der Waals surface area contributed by atoms with E-state index in [1.165, 1.54) is 6.20 Å². The van der Waals surface area contributed by atoms with Gasteiger partial charge in [0.2, 0.25) is 0 Å². The highest BCUT2D eigenvalue weighted by molar-refractivity contribution is 6.09. The molecule has 1 aromatic carbocycles. The second kappa shape index (κ2) is 5.87. The van der Waals surface area contributed by atoms with Crippen molar-refractivity contribution in [3.63, 3.8) is 0 Å². The lowest BCUT2D eigenvalue weighted by atomic mass is 10.1. The van der Waals surface area contributed by atoms with Crippen LogP contribution in [0.5, 0.6) is 0 Å². The molecule has 0 bridgehead atoms. The molecule has 1 heterocycles. The summed E-state index contributed by atoms with van der Waals surface area (Å²) in [5.74, 6) is -0.813. The summed E-state index contributed by atoms with van der Waals surface area (Å²) in [6.07, 6.45) is 1.29. The van der Waals surface area contributed by atoms with Crippen LogP contribution in [0.15, 0.2) is 30.5 Å². The average Bonchev–Trinajstić information content (AvgIpc) is 2.87. The van der Waals surface area contributed by atoms with E-state index in [9.17, 15) is 9.59 Å². The lowest BCUT2D eigenvalue weighted by Crippen LogP contribution is -2.16. The molecule has 0 radical (unpaired) electrons. The van der Waals surface area contributed by atoms with E-state index in [2.05, 4.69) is 15.5 Å². The molecular formula is C13H14N4O3. The van der Waals surface area contributed by atoms with E-state index < -0.39 is 11.9 Å². The van der Waals surface area contributed by atoms with Crippen LogP contribution in [0.3, 0.4) is 0 Å². The highest BCUT2D eigenvalue weighted by Crippen LogP contribution is 2.16. The molecule has 0 aliphatic heterocycles. The van der Waals surface area contributed by atoms with Gasteiger partial charge in [0.05, 0.1) is 18.4 Å². The number of H-pyrrole nitrogens is 1. The van der Waals surface area contributed by atoms with Gasteiger partial charge in [-0.05, 0) is 19.1 Å². The number of nitrogens with one attached hydrogen (secondary N) is 2. The summed E-state index contributed by atoms with van der Waals surface area (Å²) >= 11 is 0. The Bertz CT molecular complexity index is 636. The smallest absolute Gasteiger partial charge is 0.343 e. The van der Waals surface area contributed by atoms with Crippen LogP contribution in [-0.4, -0.2) is 28.7 Å². The number of aromatic nitrogens is 2. The normalized spacial score (nSPS) is 10.1. The zero-order valence-electron chi connectivity index (χ0n) is 10.8. The summed E-state index contributed by atoms with van der Waals surface area (Å²) in [6, 6.07) is 6.63. The standard InChI is InChI=1S/C13H14N4O3/c1-2-20-13(19)9-7-15-17-11(9)16-12(18)8-5-3-4-6-10(8)14/h3-7H,2,14H2,1H3,(H2,15,16,17,18). The van der Waals surface area contributed by atoms with Crippen LogP contribution in [0.25, 0.3) is 0 Å². The number of amides is 1. The molecule has 0 atom stereocenters. The molecule has 0 aliphatic rings. The molecule has 0 unspecified atom stereocenters. The minimum absolute atomic E-state index is 0.162. The third kappa shape index (κ3) is 2.77. The largest absolute Gasteiger partial charge is 0.462 e. The predicted octanol–water partition coefficient (Wildman–Crippen LogP) is 1.42. The molecule has 7 heteroatoms. The van der Waals surface area contributed by atoms with Gasteiger partial charge in [0.1, 0.15) is 11.4 Å². The van der Waals surface area contributed by atoms with Crippen molar-refractivity contribution in [3.05, 3.63) is 41.6 Å². The second-order valence-corrected chi connectivity index (χ2v) is 3.92. The highest BCUT2D eigenvalue weighted by Gasteiger charge is 2.18. The van der Waals surface area contributed by atoms with Gasteiger partial charge >= 0.3 is 5.97 Å². The van der Waals surface area contributed by atoms with Gasteiger partial charge in [-0.1, -0.05) is 12.1 Å². The molecule has 104 valence electrons. The number of hydrogen-bond acceptors (Lipinski definition) is 5. The van der Waals surface area contributed by atoms with E-state index in [1.54, 1.807) is 31.2 Å². The van der Waals surface area contributed by atoms with Gasteiger partial charge in [-0.15, -0.1) is 0 Å². The number of ether oxygens (including phenoxy) is 1. The van der Waals surface area contributed by atoms with Crippen LogP contribution in [0.2, 0.25) is 0 Å². The molecule has 0 aliphatic carbocycles. The Morgan fingerprint density at radius 3 is 2.80 bits per heavy atom. The molecule has 20 heavy (non-hydrogen) atoms. The topological polar surface area (TPSA) is 110 Å². The minimum atomic E-state index is -0.558. The third-order valence-corrected chi connectivity index (χ3v) is 2.58. The number of rotatable bonds is 4. The van der Waals surface area contributed by atoms with Crippen molar-refractivity contribution in [2.75, 3.05) is 17.7 Å². The van der Waals surface area contributed by atoms with Crippen molar-refractivity contribution < 1.29 is 14.3 Å². The van der Waals surface area contributed by atoms with Crippen molar-refractivity contribution in [1.29, 1.82) is 0 Å². The van der Waals surface area contributed by atoms with Crippen molar-refractivity contribution in [2.45, 2.75) is 6.92 Å². The molecule has 2 aromatic rings. The number of esters is 1. The summed E-state index contributed by atoms with van der Waals surface area (Å²) in [6.45, 7) is 1.93. The quantitative estimate of drug-likeness (QED) is 0.577. The van der Waals surface area contributed by atoms with E-state index in [1.807, 2.05) is 0 Å². The fourth-order valence-electron chi connectivity index (χ4n) is 1.63. The van der Waals surface area contributed by atoms with Crippen LogP contribution < -0.4 is 11.1 Å². The summed E-state index contributed by atoms with van der Waals surface area (Å²) < 4.78 is 4.86. The van der Waals surface area contributed by atoms with Crippen LogP contribution in [0.4, 0.5) is 11.5 Å². The van der Waals surface area contributed by atoms with Gasteiger partial charge in [0.25, 0.3) is 5.91 Å². The Balaban J connectivity index is 2.19. The van der Waals surface area contributed by atoms with Gasteiger partial charge < -0.3 is 15.8 Å². The first-order chi connectivity index (χ1) is 9.63. The summed E-state index contributed by atoms with van der Waals surface area (Å²) in [5, 5.41) is 8.81. The van der Waals surface area contributed by atoms with Gasteiger partial charge in [-0.2, -0.15) is 5.10 Å². The number of carbonyl (C=O) groups excluding carboxylic acids is 2. The maximum Gasteiger partial charge on any atom is 0.343 e. The Hall–Kier alpha value is -2.83. The van der Waals surface area contributed by atoms with E-state index in [0.717, 1.165) is 0 Å². The number of nitrogens with zero attached hydrogens (tertiary/aromatic N) is 1. The first-order valence-corrected chi connectivity index (χ1v) is 5.99. The number of nitrogens with two attached hydrogens (primary N) is 1. The van der Waals surface area contributed by atoms with Crippen LogP contribution in [0, 0.1) is 0 Å². The Morgan fingerprint density at radius 2 is 2.10 bits per heavy atom. The molecular weight excluding hydrogens is 260 g/mol. The van der Waals surface area contributed by atoms with Gasteiger partial charge in [0.15, 0.2) is 0 Å². The molecule has 0 fully saturated rings. The molecule has 0 saturated heterocycles. The maximum atomic E-state index is 12.1. The predicted molar refractivity (Wildman–Crippen MR) is 73.4 cm³/mol. The number of hydrogen-bond donors (Lipinski definition) is 3. The zero-order valence-corrected chi connectivity index (χ0v) is 10.8. The van der Waals surface area contributed by atoms with Crippen LogP contribution in [-0.2, 0) is 4.74 Å². The second-order valence-electron chi connectivity index (χ2n) is 3.92. The van der Waals surface area contributed by atoms with E-state index in [-0.39, 0.29) is 18.0 Å². The number of nitrogen functional groups attached to an aromatic ring is 1. The molecule has 4 N–H and O–H groups in total. The van der Waals surface area contributed by atoms with Crippen LogP contribution >= 0.6 is 0 Å². The first-order valence-electron chi connectivity index (χ1n) is 5.99. The first kappa shape index (κ1) is 13.6. The minimum Gasteiger partial charge on any atom is -0.462 e. The number of benzene rings is 1. The number of aromatic amines is 1. The highest BCUT2D eigenvalue weighted by atomic mass is 16.5. The Labute approximate surface area is 115 Å². The SMILES string of the molecule is CCOC(=O)c1cn[nH]c1NC(=O)c1ccccc1N. The van der Waals surface area contributed by atoms with Crippen molar-refractivity contribution in [3.8, 4) is 0 Å². The zero-order chi connectivity index (χ0) is 14.5. The summed E-state index contributed by atoms with van der Waals surface area (Å²) in [7, 11) is 0. The molecule has 1 aromatic heterocycles. The Morgan fingerprint density at radius 1 is 1.35 bits per heavy atom. The fourth-order valence-corrected chi connectivity index (χ4v) is 1.63. The third-order valence-electron chi connectivity index (χ3n) is 2.58. The molecule has 0 saturated carbocycles. The van der Waals surface area contributed by atoms with Crippen molar-refractivity contribution >= 4 is 23.4 Å². The van der Waals surface area contributed by atoms with E-state index >= 15 is 0 Å². The van der Waals surface area contributed by atoms with Gasteiger partial charge in [0, 0.05) is 5.69 Å². The lowest BCUT2D eigenvalue weighted by molar-refractivity contribution is 0.0527. The summed E-state index contributed by atoms with van der Waals surface area (Å²) in [4.78, 5) is 23.7. The molecule has 1 amide bonds. The van der Waals surface area contributed by atoms with Crippen LogP contribution in [0.1, 0.15) is 27.6 Å². The number of anilines is 2.